The Morgan fingerprint density at radius 1 is 1.31 bits per heavy atom. The lowest BCUT2D eigenvalue weighted by Crippen LogP contribution is -2.25. The van der Waals surface area contributed by atoms with Crippen molar-refractivity contribution in [3.05, 3.63) is 24.0 Å². The van der Waals surface area contributed by atoms with Gasteiger partial charge in [-0.3, -0.25) is 0 Å². The second kappa shape index (κ2) is 4.25. The minimum Gasteiger partial charge on any atom is -0.353 e. The molecule has 88 valence electrons. The maximum Gasteiger partial charge on any atom is 0.0359 e. The Bertz CT molecular complexity index is 335. The van der Waals surface area contributed by atoms with E-state index in [9.17, 15) is 0 Å². The molecule has 0 aromatic carbocycles. The Labute approximate surface area is 98.0 Å². The Balaban J connectivity index is 1.46. The van der Waals surface area contributed by atoms with Crippen LogP contribution < -0.4 is 5.32 Å². The summed E-state index contributed by atoms with van der Waals surface area (Å²) in [6.45, 7) is 2.26. The van der Waals surface area contributed by atoms with Gasteiger partial charge >= 0.3 is 0 Å². The number of nitrogens with one attached hydrogen (secondary N) is 1. The fourth-order valence-corrected chi connectivity index (χ4v) is 2.81. The molecule has 0 atom stereocenters. The second-order valence-electron chi connectivity index (χ2n) is 5.58. The van der Waals surface area contributed by atoms with E-state index in [-0.39, 0.29) is 0 Å². The highest BCUT2D eigenvalue weighted by Gasteiger charge is 2.40. The third-order valence-electron chi connectivity index (χ3n) is 4.19. The van der Waals surface area contributed by atoms with Crippen molar-refractivity contribution in [1.29, 1.82) is 0 Å². The molecule has 0 unspecified atom stereocenters. The predicted octanol–water partition coefficient (Wildman–Crippen LogP) is 2.55. The Hall–Kier alpha value is -0.760. The first kappa shape index (κ1) is 10.4. The third kappa shape index (κ3) is 2.32. The van der Waals surface area contributed by atoms with Crippen LogP contribution in [0.1, 0.15) is 31.4 Å². The highest BCUT2D eigenvalue weighted by Crippen LogP contribution is 2.48. The van der Waals surface area contributed by atoms with Crippen LogP contribution in [0, 0.1) is 17.8 Å². The van der Waals surface area contributed by atoms with Gasteiger partial charge in [0.15, 0.2) is 0 Å². The second-order valence-corrected chi connectivity index (χ2v) is 5.58. The largest absolute Gasteiger partial charge is 0.353 e. The predicted molar refractivity (Wildman–Crippen MR) is 66.1 cm³/mol. The molecule has 2 nitrogen and oxygen atoms in total. The average molecular weight is 218 g/mol. The van der Waals surface area contributed by atoms with Crippen molar-refractivity contribution in [1.82, 2.24) is 9.88 Å². The van der Waals surface area contributed by atoms with Crippen molar-refractivity contribution in [3.63, 3.8) is 0 Å². The topological polar surface area (TPSA) is 17.0 Å². The van der Waals surface area contributed by atoms with E-state index >= 15 is 0 Å². The van der Waals surface area contributed by atoms with Gasteiger partial charge in [-0.05, 0) is 62.1 Å². The zero-order valence-electron chi connectivity index (χ0n) is 10.2. The molecule has 0 spiro atoms. The van der Waals surface area contributed by atoms with E-state index < -0.39 is 0 Å². The number of nitrogens with zero attached hydrogens (tertiary/aromatic N) is 1. The van der Waals surface area contributed by atoms with Crippen LogP contribution in [0.15, 0.2) is 18.3 Å². The van der Waals surface area contributed by atoms with Gasteiger partial charge in [-0.15, -0.1) is 0 Å². The average Bonchev–Trinajstić information content (AvgIpc) is 3.15. The van der Waals surface area contributed by atoms with Crippen molar-refractivity contribution in [3.8, 4) is 0 Å². The summed E-state index contributed by atoms with van der Waals surface area (Å²) in [7, 11) is 2.12. The van der Waals surface area contributed by atoms with E-state index in [1.807, 2.05) is 0 Å². The summed E-state index contributed by atoms with van der Waals surface area (Å²) in [5, 5.41) is 3.65. The van der Waals surface area contributed by atoms with E-state index in [2.05, 4.69) is 35.3 Å². The summed E-state index contributed by atoms with van der Waals surface area (Å²) < 4.78 is 2.20. The molecule has 0 bridgehead atoms. The van der Waals surface area contributed by atoms with Crippen LogP contribution in [0.2, 0.25) is 0 Å². The SMILES string of the molecule is Cn1cccc1CNCC(C1CC1)C1CC1. The lowest BCUT2D eigenvalue weighted by atomic mass is 9.98. The molecule has 2 aliphatic carbocycles. The smallest absolute Gasteiger partial charge is 0.0359 e. The van der Waals surface area contributed by atoms with Gasteiger partial charge in [-0.1, -0.05) is 0 Å². The third-order valence-corrected chi connectivity index (χ3v) is 4.19. The maximum atomic E-state index is 3.65. The van der Waals surface area contributed by atoms with Crippen LogP contribution in [0.4, 0.5) is 0 Å². The molecule has 2 aliphatic rings. The quantitative estimate of drug-likeness (QED) is 0.776. The molecule has 0 amide bonds. The van der Waals surface area contributed by atoms with Crippen LogP contribution in [-0.2, 0) is 13.6 Å². The van der Waals surface area contributed by atoms with E-state index in [0.29, 0.717) is 0 Å². The summed E-state index contributed by atoms with van der Waals surface area (Å²) >= 11 is 0. The van der Waals surface area contributed by atoms with E-state index in [0.717, 1.165) is 24.3 Å². The standard InChI is InChI=1S/C14H22N2/c1-16-8-2-3-13(16)9-15-10-14(11-4-5-11)12-6-7-12/h2-3,8,11-12,14-15H,4-7,9-10H2,1H3. The molecular weight excluding hydrogens is 196 g/mol. The van der Waals surface area contributed by atoms with Crippen molar-refractivity contribution < 1.29 is 0 Å². The van der Waals surface area contributed by atoms with Gasteiger partial charge in [0.1, 0.15) is 0 Å². The minimum absolute atomic E-state index is 0.986. The first-order valence-corrected chi connectivity index (χ1v) is 6.65. The van der Waals surface area contributed by atoms with E-state index in [1.54, 1.807) is 0 Å². The number of hydrogen-bond donors (Lipinski definition) is 1. The number of rotatable bonds is 6. The number of hydrogen-bond acceptors (Lipinski definition) is 1. The zero-order valence-corrected chi connectivity index (χ0v) is 10.2. The molecular formula is C14H22N2. The van der Waals surface area contributed by atoms with Gasteiger partial charge in [0.25, 0.3) is 0 Å². The van der Waals surface area contributed by atoms with Crippen molar-refractivity contribution in [2.24, 2.45) is 24.8 Å². The molecule has 0 aliphatic heterocycles. The Kier molecular flexibility index (Phi) is 2.76. The molecule has 1 aromatic heterocycles. The first-order chi connectivity index (χ1) is 7.84. The number of aromatic nitrogens is 1. The van der Waals surface area contributed by atoms with Crippen molar-refractivity contribution in [2.45, 2.75) is 32.2 Å². The van der Waals surface area contributed by atoms with Crippen LogP contribution in [-0.4, -0.2) is 11.1 Å². The molecule has 3 rings (SSSR count). The number of aryl methyl sites for hydroxylation is 1. The fraction of sp³-hybridized carbons (Fsp3) is 0.714. The Morgan fingerprint density at radius 3 is 2.50 bits per heavy atom. The van der Waals surface area contributed by atoms with Crippen LogP contribution >= 0.6 is 0 Å². The molecule has 0 saturated heterocycles. The highest BCUT2D eigenvalue weighted by molar-refractivity contribution is 5.06. The van der Waals surface area contributed by atoms with Gasteiger partial charge in [0, 0.05) is 25.5 Å². The molecule has 16 heavy (non-hydrogen) atoms. The molecule has 1 aromatic rings. The maximum absolute atomic E-state index is 3.65. The van der Waals surface area contributed by atoms with Crippen LogP contribution in [0.3, 0.4) is 0 Å². The van der Waals surface area contributed by atoms with Crippen LogP contribution in [0.25, 0.3) is 0 Å². The highest BCUT2D eigenvalue weighted by atomic mass is 15.0. The summed E-state index contributed by atoms with van der Waals surface area (Å²) in [4.78, 5) is 0. The summed E-state index contributed by atoms with van der Waals surface area (Å²) in [5.41, 5.74) is 1.39. The molecule has 2 heteroatoms. The van der Waals surface area contributed by atoms with Crippen LogP contribution in [0.5, 0.6) is 0 Å². The normalized spacial score (nSPS) is 20.6. The lowest BCUT2D eigenvalue weighted by Gasteiger charge is -2.16. The summed E-state index contributed by atoms with van der Waals surface area (Å²) in [6.07, 6.45) is 8.09. The lowest BCUT2D eigenvalue weighted by molar-refractivity contribution is 0.377. The molecule has 0 radical (unpaired) electrons. The van der Waals surface area contributed by atoms with E-state index in [4.69, 9.17) is 0 Å². The van der Waals surface area contributed by atoms with Gasteiger partial charge in [-0.25, -0.2) is 0 Å². The molecule has 2 saturated carbocycles. The fourth-order valence-electron chi connectivity index (χ4n) is 2.81. The van der Waals surface area contributed by atoms with Crippen molar-refractivity contribution >= 4 is 0 Å². The van der Waals surface area contributed by atoms with Gasteiger partial charge in [0.05, 0.1) is 0 Å². The summed E-state index contributed by atoms with van der Waals surface area (Å²) in [5.74, 6) is 3.11. The molecule has 1 N–H and O–H groups in total. The monoisotopic (exact) mass is 218 g/mol. The minimum atomic E-state index is 0.986. The molecule has 1 heterocycles. The van der Waals surface area contributed by atoms with Gasteiger partial charge in [0.2, 0.25) is 0 Å². The van der Waals surface area contributed by atoms with E-state index in [1.165, 1.54) is 37.9 Å². The zero-order chi connectivity index (χ0) is 11.0. The van der Waals surface area contributed by atoms with Gasteiger partial charge in [-0.2, -0.15) is 0 Å². The molecule has 2 fully saturated rings. The Morgan fingerprint density at radius 2 is 2.00 bits per heavy atom. The van der Waals surface area contributed by atoms with Gasteiger partial charge < -0.3 is 9.88 Å². The van der Waals surface area contributed by atoms with Crippen molar-refractivity contribution in [2.75, 3.05) is 6.54 Å². The summed E-state index contributed by atoms with van der Waals surface area (Å²) in [6, 6.07) is 4.33. The first-order valence-electron chi connectivity index (χ1n) is 6.65.